The minimum absolute atomic E-state index is 0.0763. The fourth-order valence-corrected chi connectivity index (χ4v) is 1.98. The summed E-state index contributed by atoms with van der Waals surface area (Å²) in [4.78, 5) is 13.1. The molecule has 0 fully saturated rings. The van der Waals surface area contributed by atoms with Crippen molar-refractivity contribution in [2.24, 2.45) is 0 Å². The molecule has 0 bridgehead atoms. The van der Waals surface area contributed by atoms with Gasteiger partial charge in [0, 0.05) is 25.7 Å². The van der Waals surface area contributed by atoms with Crippen LogP contribution in [-0.4, -0.2) is 35.1 Å². The smallest absolute Gasteiger partial charge is 0.221 e. The van der Waals surface area contributed by atoms with Gasteiger partial charge < -0.3 is 10.4 Å². The molecule has 4 heteroatoms. The number of likely N-dealkylation sites (N-methyl/N-ethyl adjacent to an activating group) is 1. The van der Waals surface area contributed by atoms with Crippen LogP contribution in [0.2, 0.25) is 0 Å². The van der Waals surface area contributed by atoms with Crippen LogP contribution >= 0.6 is 0 Å². The lowest BCUT2D eigenvalue weighted by Gasteiger charge is -2.26. The van der Waals surface area contributed by atoms with Gasteiger partial charge >= 0.3 is 0 Å². The Morgan fingerprint density at radius 2 is 2.00 bits per heavy atom. The largest absolute Gasteiger partial charge is 0.389 e. The lowest BCUT2D eigenvalue weighted by atomic mass is 10.1. The first-order valence-corrected chi connectivity index (χ1v) is 6.04. The molecule has 1 aromatic rings. The van der Waals surface area contributed by atoms with E-state index in [1.807, 2.05) is 36.2 Å². The average Bonchev–Trinajstić information content (AvgIpc) is 2.17. The number of benzene rings is 1. The van der Waals surface area contributed by atoms with Crippen LogP contribution in [0, 0.1) is 0 Å². The average molecular weight is 250 g/mol. The molecule has 100 valence electrons. The number of rotatable bonds is 5. The molecule has 0 aliphatic rings. The van der Waals surface area contributed by atoms with Gasteiger partial charge in [-0.05, 0) is 32.5 Å². The highest BCUT2D eigenvalue weighted by Gasteiger charge is 2.16. The molecular formula is C14H22N2O2. The molecule has 0 radical (unpaired) electrons. The highest BCUT2D eigenvalue weighted by molar-refractivity contribution is 5.89. The first-order valence-electron chi connectivity index (χ1n) is 6.04. The minimum atomic E-state index is -0.725. The van der Waals surface area contributed by atoms with Gasteiger partial charge in [-0.15, -0.1) is 0 Å². The third-order valence-corrected chi connectivity index (χ3v) is 2.43. The molecular weight excluding hydrogens is 228 g/mol. The van der Waals surface area contributed by atoms with E-state index in [2.05, 4.69) is 5.32 Å². The minimum Gasteiger partial charge on any atom is -0.389 e. The normalized spacial score (nSPS) is 11.7. The van der Waals surface area contributed by atoms with Crippen LogP contribution in [0.4, 0.5) is 5.69 Å². The fourth-order valence-electron chi connectivity index (χ4n) is 1.98. The van der Waals surface area contributed by atoms with E-state index in [1.165, 1.54) is 6.92 Å². The zero-order valence-corrected chi connectivity index (χ0v) is 11.5. The van der Waals surface area contributed by atoms with Gasteiger partial charge in [-0.3, -0.25) is 9.69 Å². The molecule has 0 atom stereocenters. The van der Waals surface area contributed by atoms with Crippen LogP contribution in [0.5, 0.6) is 0 Å². The van der Waals surface area contributed by atoms with Crippen LogP contribution in [0.1, 0.15) is 26.3 Å². The number of nitrogens with zero attached hydrogens (tertiary/aromatic N) is 1. The summed E-state index contributed by atoms with van der Waals surface area (Å²) in [5, 5.41) is 12.6. The number of para-hydroxylation sites is 1. The molecule has 0 spiro atoms. The summed E-state index contributed by atoms with van der Waals surface area (Å²) in [5.41, 5.74) is 1.14. The van der Waals surface area contributed by atoms with Crippen LogP contribution in [0.3, 0.4) is 0 Å². The van der Waals surface area contributed by atoms with Gasteiger partial charge in [0.05, 0.1) is 5.60 Å². The van der Waals surface area contributed by atoms with E-state index in [9.17, 15) is 9.90 Å². The zero-order chi connectivity index (χ0) is 13.8. The fraction of sp³-hybridized carbons (Fsp3) is 0.500. The second-order valence-electron chi connectivity index (χ2n) is 5.32. The SMILES string of the molecule is CC(=O)Nc1ccccc1CN(C)CC(C)(C)O. The maximum Gasteiger partial charge on any atom is 0.221 e. The lowest BCUT2D eigenvalue weighted by molar-refractivity contribution is -0.114. The summed E-state index contributed by atoms with van der Waals surface area (Å²) in [7, 11) is 1.95. The molecule has 1 amide bonds. The summed E-state index contributed by atoms with van der Waals surface area (Å²) in [6, 6.07) is 7.70. The second-order valence-corrected chi connectivity index (χ2v) is 5.32. The van der Waals surface area contributed by atoms with Crippen LogP contribution in [-0.2, 0) is 11.3 Å². The van der Waals surface area contributed by atoms with E-state index in [1.54, 1.807) is 13.8 Å². The Hall–Kier alpha value is -1.39. The van der Waals surface area contributed by atoms with E-state index in [-0.39, 0.29) is 5.91 Å². The van der Waals surface area contributed by atoms with Gasteiger partial charge in [-0.25, -0.2) is 0 Å². The monoisotopic (exact) mass is 250 g/mol. The van der Waals surface area contributed by atoms with Gasteiger partial charge in [0.2, 0.25) is 5.91 Å². The van der Waals surface area contributed by atoms with Gasteiger partial charge in [-0.2, -0.15) is 0 Å². The van der Waals surface area contributed by atoms with Crippen LogP contribution in [0.25, 0.3) is 0 Å². The maximum absolute atomic E-state index is 11.1. The Kier molecular flexibility index (Phi) is 4.87. The topological polar surface area (TPSA) is 52.6 Å². The first-order chi connectivity index (χ1) is 8.28. The standard InChI is InChI=1S/C14H22N2O2/c1-11(17)15-13-8-6-5-7-12(13)9-16(4)10-14(2,3)18/h5-8,18H,9-10H2,1-4H3,(H,15,17). The summed E-state index contributed by atoms with van der Waals surface area (Å²) in [5.74, 6) is -0.0763. The van der Waals surface area contributed by atoms with Gasteiger partial charge in [0.25, 0.3) is 0 Å². The molecule has 18 heavy (non-hydrogen) atoms. The number of amides is 1. The summed E-state index contributed by atoms with van der Waals surface area (Å²) < 4.78 is 0. The Balaban J connectivity index is 2.74. The van der Waals surface area contributed by atoms with E-state index >= 15 is 0 Å². The van der Waals surface area contributed by atoms with Crippen LogP contribution < -0.4 is 5.32 Å². The predicted octanol–water partition coefficient (Wildman–Crippen LogP) is 1.85. The van der Waals surface area contributed by atoms with Crippen molar-refractivity contribution in [3.05, 3.63) is 29.8 Å². The molecule has 0 aromatic heterocycles. The van der Waals surface area contributed by atoms with E-state index in [4.69, 9.17) is 0 Å². The Bertz CT molecular complexity index is 411. The van der Waals surface area contributed by atoms with Crippen molar-refractivity contribution in [1.82, 2.24) is 4.90 Å². The molecule has 0 saturated carbocycles. The van der Waals surface area contributed by atoms with Gasteiger partial charge in [0.15, 0.2) is 0 Å². The third-order valence-electron chi connectivity index (χ3n) is 2.43. The predicted molar refractivity (Wildman–Crippen MR) is 73.4 cm³/mol. The van der Waals surface area contributed by atoms with Crippen molar-refractivity contribution in [2.45, 2.75) is 32.9 Å². The summed E-state index contributed by atoms with van der Waals surface area (Å²) in [6.07, 6.45) is 0. The Morgan fingerprint density at radius 3 is 2.56 bits per heavy atom. The van der Waals surface area contributed by atoms with Gasteiger partial charge in [-0.1, -0.05) is 18.2 Å². The molecule has 0 unspecified atom stereocenters. The molecule has 0 saturated heterocycles. The number of aliphatic hydroxyl groups is 1. The highest BCUT2D eigenvalue weighted by Crippen LogP contribution is 2.17. The maximum atomic E-state index is 11.1. The van der Waals surface area contributed by atoms with Crippen molar-refractivity contribution in [1.29, 1.82) is 0 Å². The van der Waals surface area contributed by atoms with Crippen LogP contribution in [0.15, 0.2) is 24.3 Å². The number of hydrogen-bond acceptors (Lipinski definition) is 3. The number of carbonyl (C=O) groups is 1. The van der Waals surface area contributed by atoms with E-state index in [0.29, 0.717) is 13.1 Å². The number of anilines is 1. The molecule has 1 rings (SSSR count). The molecule has 2 N–H and O–H groups in total. The van der Waals surface area contributed by atoms with Crippen molar-refractivity contribution in [3.8, 4) is 0 Å². The Labute approximate surface area is 109 Å². The van der Waals surface area contributed by atoms with Gasteiger partial charge in [0.1, 0.15) is 0 Å². The van der Waals surface area contributed by atoms with Crippen molar-refractivity contribution < 1.29 is 9.90 Å². The summed E-state index contributed by atoms with van der Waals surface area (Å²) >= 11 is 0. The molecule has 1 aromatic carbocycles. The molecule has 0 heterocycles. The first kappa shape index (κ1) is 14.7. The second kappa shape index (κ2) is 5.98. The third kappa shape index (κ3) is 5.29. The van der Waals surface area contributed by atoms with E-state index in [0.717, 1.165) is 11.3 Å². The van der Waals surface area contributed by atoms with E-state index < -0.39 is 5.60 Å². The lowest BCUT2D eigenvalue weighted by Crippen LogP contribution is -2.36. The number of carbonyl (C=O) groups excluding carboxylic acids is 1. The summed E-state index contributed by atoms with van der Waals surface area (Å²) in [6.45, 7) is 6.31. The molecule has 4 nitrogen and oxygen atoms in total. The highest BCUT2D eigenvalue weighted by atomic mass is 16.3. The number of hydrogen-bond donors (Lipinski definition) is 2. The Morgan fingerprint density at radius 1 is 1.39 bits per heavy atom. The quantitative estimate of drug-likeness (QED) is 0.838. The molecule has 0 aliphatic heterocycles. The van der Waals surface area contributed by atoms with Crippen molar-refractivity contribution in [2.75, 3.05) is 18.9 Å². The zero-order valence-electron chi connectivity index (χ0n) is 11.5. The number of nitrogens with one attached hydrogen (secondary N) is 1. The van der Waals surface area contributed by atoms with Crippen molar-refractivity contribution in [3.63, 3.8) is 0 Å². The van der Waals surface area contributed by atoms with Crippen molar-refractivity contribution >= 4 is 11.6 Å². The molecule has 0 aliphatic carbocycles.